The van der Waals surface area contributed by atoms with Gasteiger partial charge < -0.3 is 19.7 Å². The number of hydrogen-bond donors (Lipinski definition) is 1. The molecule has 1 N–H and O–H groups in total. The Hall–Kier alpha value is -3.47. The second kappa shape index (κ2) is 13.7. The molecule has 3 rings (SSSR count). The van der Waals surface area contributed by atoms with Gasteiger partial charge in [-0.05, 0) is 35.4 Å². The van der Waals surface area contributed by atoms with Crippen molar-refractivity contribution in [3.63, 3.8) is 0 Å². The van der Waals surface area contributed by atoms with E-state index in [9.17, 15) is 18.0 Å². The molecular weight excluding hydrogens is 577 g/mol. The summed E-state index contributed by atoms with van der Waals surface area (Å²) in [6, 6.07) is 17.6. The number of anilines is 1. The molecule has 0 fully saturated rings. The molecule has 0 aliphatic carbocycles. The van der Waals surface area contributed by atoms with Crippen LogP contribution in [-0.2, 0) is 32.6 Å². The predicted molar refractivity (Wildman–Crippen MR) is 157 cm³/mol. The molecule has 40 heavy (non-hydrogen) atoms. The highest BCUT2D eigenvalue weighted by molar-refractivity contribution is 7.92. The summed E-state index contributed by atoms with van der Waals surface area (Å²) in [6.45, 7) is -0.674. The molecule has 0 aliphatic rings. The molecular formula is C28H31Cl2N3O6S. The van der Waals surface area contributed by atoms with Crippen LogP contribution in [0, 0.1) is 0 Å². The smallest absolute Gasteiger partial charge is 0.244 e. The maximum Gasteiger partial charge on any atom is 0.244 e. The Kier molecular flexibility index (Phi) is 10.7. The van der Waals surface area contributed by atoms with E-state index < -0.39 is 34.4 Å². The van der Waals surface area contributed by atoms with E-state index in [2.05, 4.69) is 5.32 Å². The van der Waals surface area contributed by atoms with E-state index in [1.807, 2.05) is 30.3 Å². The number of nitrogens with one attached hydrogen (secondary N) is 1. The maximum absolute atomic E-state index is 14.0. The van der Waals surface area contributed by atoms with Gasteiger partial charge in [-0.15, -0.1) is 0 Å². The van der Waals surface area contributed by atoms with Crippen molar-refractivity contribution in [2.45, 2.75) is 19.0 Å². The Balaban J connectivity index is 2.09. The molecule has 3 aromatic rings. The topological polar surface area (TPSA) is 105 Å². The van der Waals surface area contributed by atoms with Crippen LogP contribution in [0.4, 0.5) is 5.69 Å². The highest BCUT2D eigenvalue weighted by Crippen LogP contribution is 2.34. The highest BCUT2D eigenvalue weighted by atomic mass is 35.5. The lowest BCUT2D eigenvalue weighted by atomic mass is 10.0. The van der Waals surface area contributed by atoms with Gasteiger partial charge in [0.2, 0.25) is 21.8 Å². The van der Waals surface area contributed by atoms with Crippen molar-refractivity contribution in [3.8, 4) is 11.5 Å². The van der Waals surface area contributed by atoms with Crippen LogP contribution in [0.5, 0.6) is 11.5 Å². The number of nitrogens with zero attached hydrogens (tertiary/aromatic N) is 2. The van der Waals surface area contributed by atoms with Crippen molar-refractivity contribution in [2.24, 2.45) is 0 Å². The number of methoxy groups -OCH3 is 2. The van der Waals surface area contributed by atoms with E-state index in [0.717, 1.165) is 16.1 Å². The standard InChI is InChI=1S/C28H31Cl2N3O6S/c1-31-28(35)25(14-19-8-6-5-7-9-19)32(17-20-10-11-21(29)15-23(20)30)27(34)18-33(40(4,36)37)24-13-12-22(38-2)16-26(24)39-3/h5-13,15-16,25H,14,17-18H2,1-4H3,(H,31,35)/t25-/m1/s1. The number of likely N-dealkylation sites (N-methyl/N-ethyl adjacent to an activating group) is 1. The lowest BCUT2D eigenvalue weighted by Gasteiger charge is -2.33. The molecule has 0 saturated carbocycles. The second-order valence-electron chi connectivity index (χ2n) is 8.88. The summed E-state index contributed by atoms with van der Waals surface area (Å²) in [5, 5.41) is 3.34. The fourth-order valence-electron chi connectivity index (χ4n) is 4.14. The molecule has 0 radical (unpaired) electrons. The summed E-state index contributed by atoms with van der Waals surface area (Å²) < 4.78 is 37.5. The van der Waals surface area contributed by atoms with Crippen LogP contribution in [-0.4, -0.2) is 65.2 Å². The summed E-state index contributed by atoms with van der Waals surface area (Å²) in [7, 11) is 0.356. The molecule has 214 valence electrons. The highest BCUT2D eigenvalue weighted by Gasteiger charge is 2.33. The molecule has 0 heterocycles. The Bertz CT molecular complexity index is 1450. The van der Waals surface area contributed by atoms with Crippen molar-refractivity contribution < 1.29 is 27.5 Å². The van der Waals surface area contributed by atoms with Gasteiger partial charge in [-0.2, -0.15) is 0 Å². The fraction of sp³-hybridized carbons (Fsp3) is 0.286. The third kappa shape index (κ3) is 7.80. The van der Waals surface area contributed by atoms with Gasteiger partial charge >= 0.3 is 0 Å². The Morgan fingerprint density at radius 1 is 0.975 bits per heavy atom. The van der Waals surface area contributed by atoms with Crippen molar-refractivity contribution in [1.82, 2.24) is 10.2 Å². The van der Waals surface area contributed by atoms with E-state index in [1.54, 1.807) is 18.2 Å². The number of benzene rings is 3. The average molecular weight is 609 g/mol. The second-order valence-corrected chi connectivity index (χ2v) is 11.6. The zero-order chi connectivity index (χ0) is 29.4. The third-order valence-corrected chi connectivity index (χ3v) is 7.92. The largest absolute Gasteiger partial charge is 0.497 e. The average Bonchev–Trinajstić information content (AvgIpc) is 2.93. The van der Waals surface area contributed by atoms with E-state index in [-0.39, 0.29) is 24.4 Å². The number of ether oxygens (including phenoxy) is 2. The first kappa shape index (κ1) is 31.1. The van der Waals surface area contributed by atoms with Crippen molar-refractivity contribution in [3.05, 3.63) is 87.9 Å². The number of carbonyl (C=O) groups excluding carboxylic acids is 2. The van der Waals surface area contributed by atoms with Crippen LogP contribution in [0.2, 0.25) is 10.0 Å². The maximum atomic E-state index is 14.0. The summed E-state index contributed by atoms with van der Waals surface area (Å²) in [5.41, 5.74) is 1.49. The summed E-state index contributed by atoms with van der Waals surface area (Å²) in [6.07, 6.45) is 1.17. The Labute approximate surface area is 244 Å². The SMILES string of the molecule is CNC(=O)[C@@H](Cc1ccccc1)N(Cc1ccc(Cl)cc1Cl)C(=O)CN(c1ccc(OC)cc1OC)S(C)(=O)=O. The molecule has 1 atom stereocenters. The molecule has 2 amide bonds. The lowest BCUT2D eigenvalue weighted by molar-refractivity contribution is -0.139. The summed E-state index contributed by atoms with van der Waals surface area (Å²) >= 11 is 12.5. The molecule has 3 aromatic carbocycles. The van der Waals surface area contributed by atoms with Crippen LogP contribution in [0.3, 0.4) is 0 Å². The molecule has 9 nitrogen and oxygen atoms in total. The summed E-state index contributed by atoms with van der Waals surface area (Å²) in [5.74, 6) is -0.409. The van der Waals surface area contributed by atoms with E-state index >= 15 is 0 Å². The van der Waals surface area contributed by atoms with Crippen molar-refractivity contribution >= 4 is 50.7 Å². The number of hydrogen-bond acceptors (Lipinski definition) is 6. The van der Waals surface area contributed by atoms with Gasteiger partial charge in [-0.3, -0.25) is 13.9 Å². The minimum absolute atomic E-state index is 0.0723. The quantitative estimate of drug-likeness (QED) is 0.331. The Morgan fingerprint density at radius 3 is 2.25 bits per heavy atom. The minimum Gasteiger partial charge on any atom is -0.497 e. The fourth-order valence-corrected chi connectivity index (χ4v) is 5.46. The van der Waals surface area contributed by atoms with Gasteiger partial charge in [0.05, 0.1) is 26.2 Å². The van der Waals surface area contributed by atoms with E-state index in [1.165, 1.54) is 44.4 Å². The number of halogens is 2. The third-order valence-electron chi connectivity index (χ3n) is 6.21. The number of sulfonamides is 1. The molecule has 0 unspecified atom stereocenters. The predicted octanol–water partition coefficient (Wildman–Crippen LogP) is 4.16. The van der Waals surface area contributed by atoms with Gasteiger partial charge in [-0.1, -0.05) is 59.6 Å². The first-order valence-corrected chi connectivity index (χ1v) is 14.8. The van der Waals surface area contributed by atoms with Gasteiger partial charge in [0.1, 0.15) is 24.1 Å². The zero-order valence-corrected chi connectivity index (χ0v) is 24.9. The number of carbonyl (C=O) groups is 2. The first-order chi connectivity index (χ1) is 19.0. The first-order valence-electron chi connectivity index (χ1n) is 12.2. The van der Waals surface area contributed by atoms with Crippen molar-refractivity contribution in [2.75, 3.05) is 38.4 Å². The van der Waals surface area contributed by atoms with Gasteiger partial charge in [-0.25, -0.2) is 8.42 Å². The van der Waals surface area contributed by atoms with Gasteiger partial charge in [0.25, 0.3) is 0 Å². The van der Waals surface area contributed by atoms with Crippen LogP contribution in [0.15, 0.2) is 66.7 Å². The van der Waals surface area contributed by atoms with Crippen LogP contribution in [0.25, 0.3) is 0 Å². The molecule has 12 heteroatoms. The number of rotatable bonds is 12. The van der Waals surface area contributed by atoms with Crippen LogP contribution < -0.4 is 19.1 Å². The van der Waals surface area contributed by atoms with E-state index in [0.29, 0.717) is 21.4 Å². The van der Waals surface area contributed by atoms with Gasteiger partial charge in [0, 0.05) is 36.1 Å². The van der Waals surface area contributed by atoms with Crippen molar-refractivity contribution in [1.29, 1.82) is 0 Å². The van der Waals surface area contributed by atoms with Gasteiger partial charge in [0.15, 0.2) is 0 Å². The molecule has 0 bridgehead atoms. The summed E-state index contributed by atoms with van der Waals surface area (Å²) in [4.78, 5) is 28.6. The lowest BCUT2D eigenvalue weighted by Crippen LogP contribution is -2.53. The van der Waals surface area contributed by atoms with Crippen LogP contribution in [0.1, 0.15) is 11.1 Å². The Morgan fingerprint density at radius 2 is 1.68 bits per heavy atom. The molecule has 0 aliphatic heterocycles. The minimum atomic E-state index is -3.97. The zero-order valence-electron chi connectivity index (χ0n) is 22.6. The molecule has 0 spiro atoms. The number of amides is 2. The normalized spacial score (nSPS) is 11.8. The molecule has 0 saturated heterocycles. The molecule has 0 aromatic heterocycles. The van der Waals surface area contributed by atoms with Crippen LogP contribution >= 0.6 is 23.2 Å². The van der Waals surface area contributed by atoms with E-state index in [4.69, 9.17) is 32.7 Å². The monoisotopic (exact) mass is 607 g/mol.